The van der Waals surface area contributed by atoms with Crippen LogP contribution in [0.5, 0.6) is 0 Å². The number of piperidine rings is 1. The molecule has 2 aliphatic rings. The Labute approximate surface area is 117 Å². The molecule has 0 aromatic heterocycles. The lowest BCUT2D eigenvalue weighted by molar-refractivity contribution is 0.0721. The van der Waals surface area contributed by atoms with Crippen LogP contribution in [0.15, 0.2) is 0 Å². The first-order valence-electron chi connectivity index (χ1n) is 7.97. The summed E-state index contributed by atoms with van der Waals surface area (Å²) in [6.45, 7) is 6.57. The Kier molecular flexibility index (Phi) is 5.95. The largest absolute Gasteiger partial charge is 0.450 e. The summed E-state index contributed by atoms with van der Waals surface area (Å²) in [4.78, 5) is 16.2. The van der Waals surface area contributed by atoms with E-state index in [1.54, 1.807) is 0 Å². The van der Waals surface area contributed by atoms with Gasteiger partial charge in [-0.3, -0.25) is 0 Å². The third-order valence-electron chi connectivity index (χ3n) is 4.40. The molecule has 0 aliphatic carbocycles. The zero-order valence-electron chi connectivity index (χ0n) is 12.3. The van der Waals surface area contributed by atoms with E-state index >= 15 is 0 Å². The van der Waals surface area contributed by atoms with Gasteiger partial charge in [0, 0.05) is 19.1 Å². The quantitative estimate of drug-likeness (QED) is 0.772. The number of nitrogens with zero attached hydrogens (tertiary/aromatic N) is 2. The monoisotopic (exact) mass is 268 g/mol. The average Bonchev–Trinajstić information content (AvgIpc) is 2.39. The van der Waals surface area contributed by atoms with Gasteiger partial charge in [0.15, 0.2) is 0 Å². The highest BCUT2D eigenvalue weighted by Gasteiger charge is 2.27. The summed E-state index contributed by atoms with van der Waals surface area (Å²) in [5, 5.41) is 0. The van der Waals surface area contributed by atoms with Crippen molar-refractivity contribution in [3.63, 3.8) is 0 Å². The van der Waals surface area contributed by atoms with Crippen LogP contribution in [-0.4, -0.2) is 54.7 Å². The minimum Gasteiger partial charge on any atom is -0.450 e. The van der Waals surface area contributed by atoms with Crippen LogP contribution in [0.3, 0.4) is 0 Å². The Morgan fingerprint density at radius 1 is 1.00 bits per heavy atom. The van der Waals surface area contributed by atoms with E-state index in [4.69, 9.17) is 4.74 Å². The van der Waals surface area contributed by atoms with E-state index < -0.39 is 0 Å². The summed E-state index contributed by atoms with van der Waals surface area (Å²) in [5.41, 5.74) is 0. The maximum atomic E-state index is 11.7. The predicted molar refractivity (Wildman–Crippen MR) is 76.3 cm³/mol. The van der Waals surface area contributed by atoms with E-state index in [2.05, 4.69) is 4.90 Å². The molecule has 0 bridgehead atoms. The van der Waals surface area contributed by atoms with Crippen molar-refractivity contribution < 1.29 is 9.53 Å². The first-order valence-corrected chi connectivity index (χ1v) is 7.97. The lowest BCUT2D eigenvalue weighted by Crippen LogP contribution is -2.47. The molecule has 4 heteroatoms. The third-order valence-corrected chi connectivity index (χ3v) is 4.40. The molecule has 0 aromatic carbocycles. The fourth-order valence-corrected chi connectivity index (χ4v) is 3.27. The van der Waals surface area contributed by atoms with Crippen LogP contribution in [0.2, 0.25) is 0 Å². The molecule has 4 nitrogen and oxygen atoms in total. The maximum Gasteiger partial charge on any atom is 0.409 e. The summed E-state index contributed by atoms with van der Waals surface area (Å²) in [5.74, 6) is 0. The van der Waals surface area contributed by atoms with Crippen LogP contribution in [0.1, 0.15) is 51.9 Å². The number of carbonyl (C=O) groups excluding carboxylic acids is 1. The van der Waals surface area contributed by atoms with E-state index in [1.807, 2.05) is 11.8 Å². The van der Waals surface area contributed by atoms with Gasteiger partial charge in [0.2, 0.25) is 0 Å². The summed E-state index contributed by atoms with van der Waals surface area (Å²) >= 11 is 0. The first kappa shape index (κ1) is 14.6. The molecule has 2 saturated heterocycles. The topological polar surface area (TPSA) is 32.8 Å². The van der Waals surface area contributed by atoms with Crippen LogP contribution < -0.4 is 0 Å². The van der Waals surface area contributed by atoms with Crippen molar-refractivity contribution in [2.45, 2.75) is 57.9 Å². The highest BCUT2D eigenvalue weighted by atomic mass is 16.6. The molecule has 2 aliphatic heterocycles. The fourth-order valence-electron chi connectivity index (χ4n) is 3.27. The van der Waals surface area contributed by atoms with Crippen LogP contribution >= 0.6 is 0 Å². The smallest absolute Gasteiger partial charge is 0.409 e. The summed E-state index contributed by atoms with van der Waals surface area (Å²) in [6.07, 6.45) is 8.97. The second-order valence-corrected chi connectivity index (χ2v) is 5.72. The minimum absolute atomic E-state index is 0.131. The standard InChI is InChI=1S/C15H28N2O2/c1-2-19-15(18)17-12-8-14(9-13-17)16-10-6-4-3-5-7-11-16/h14H,2-13H2,1H3. The molecule has 0 atom stereocenters. The molecule has 19 heavy (non-hydrogen) atoms. The van der Waals surface area contributed by atoms with E-state index in [0.717, 1.165) is 25.9 Å². The van der Waals surface area contributed by atoms with Crippen molar-refractivity contribution in [2.75, 3.05) is 32.8 Å². The SMILES string of the molecule is CCOC(=O)N1CCC(N2CCCCCCC2)CC1. The molecular formula is C15H28N2O2. The zero-order chi connectivity index (χ0) is 13.5. The lowest BCUT2D eigenvalue weighted by atomic mass is 10.0. The second kappa shape index (κ2) is 7.73. The molecule has 2 rings (SSSR count). The van der Waals surface area contributed by atoms with E-state index in [-0.39, 0.29) is 6.09 Å². The Bertz CT molecular complexity index is 267. The summed E-state index contributed by atoms with van der Waals surface area (Å²) in [6, 6.07) is 0.684. The van der Waals surface area contributed by atoms with E-state index in [1.165, 1.54) is 45.2 Å². The van der Waals surface area contributed by atoms with Crippen molar-refractivity contribution in [2.24, 2.45) is 0 Å². The summed E-state index contributed by atoms with van der Waals surface area (Å²) < 4.78 is 5.07. The van der Waals surface area contributed by atoms with Gasteiger partial charge in [-0.1, -0.05) is 19.3 Å². The molecule has 0 spiro atoms. The maximum absolute atomic E-state index is 11.7. The number of carbonyl (C=O) groups is 1. The fraction of sp³-hybridized carbons (Fsp3) is 0.933. The van der Waals surface area contributed by atoms with Crippen molar-refractivity contribution in [1.82, 2.24) is 9.80 Å². The van der Waals surface area contributed by atoms with Gasteiger partial charge in [-0.2, -0.15) is 0 Å². The normalized spacial score (nSPS) is 23.7. The van der Waals surface area contributed by atoms with Gasteiger partial charge in [-0.05, 0) is 45.7 Å². The van der Waals surface area contributed by atoms with Gasteiger partial charge in [-0.25, -0.2) is 4.79 Å². The van der Waals surface area contributed by atoms with Gasteiger partial charge in [0.1, 0.15) is 0 Å². The second-order valence-electron chi connectivity index (χ2n) is 5.72. The van der Waals surface area contributed by atoms with Gasteiger partial charge in [-0.15, -0.1) is 0 Å². The lowest BCUT2D eigenvalue weighted by Gasteiger charge is -2.38. The van der Waals surface area contributed by atoms with Gasteiger partial charge in [0.05, 0.1) is 6.61 Å². The van der Waals surface area contributed by atoms with E-state index in [0.29, 0.717) is 12.6 Å². The number of hydrogen-bond donors (Lipinski definition) is 0. The Balaban J connectivity index is 1.76. The number of likely N-dealkylation sites (tertiary alicyclic amines) is 2. The molecule has 0 aromatic rings. The Hall–Kier alpha value is -0.770. The van der Waals surface area contributed by atoms with Crippen molar-refractivity contribution >= 4 is 6.09 Å². The molecule has 0 unspecified atom stereocenters. The molecule has 2 fully saturated rings. The molecule has 0 N–H and O–H groups in total. The van der Waals surface area contributed by atoms with Crippen molar-refractivity contribution in [3.8, 4) is 0 Å². The van der Waals surface area contributed by atoms with E-state index in [9.17, 15) is 4.79 Å². The number of ether oxygens (including phenoxy) is 1. The Morgan fingerprint density at radius 3 is 2.16 bits per heavy atom. The molecule has 2 heterocycles. The zero-order valence-corrected chi connectivity index (χ0v) is 12.3. The average molecular weight is 268 g/mol. The van der Waals surface area contributed by atoms with Crippen molar-refractivity contribution in [3.05, 3.63) is 0 Å². The van der Waals surface area contributed by atoms with Gasteiger partial charge < -0.3 is 14.5 Å². The highest BCUT2D eigenvalue weighted by Crippen LogP contribution is 2.20. The van der Waals surface area contributed by atoms with Crippen LogP contribution in [0.4, 0.5) is 4.79 Å². The number of amides is 1. The summed E-state index contributed by atoms with van der Waals surface area (Å²) in [7, 11) is 0. The molecule has 0 saturated carbocycles. The Morgan fingerprint density at radius 2 is 1.58 bits per heavy atom. The van der Waals surface area contributed by atoms with Gasteiger partial charge >= 0.3 is 6.09 Å². The molecule has 0 radical (unpaired) electrons. The van der Waals surface area contributed by atoms with Crippen LogP contribution in [0.25, 0.3) is 0 Å². The molecular weight excluding hydrogens is 240 g/mol. The number of rotatable bonds is 2. The van der Waals surface area contributed by atoms with Crippen molar-refractivity contribution in [1.29, 1.82) is 0 Å². The number of hydrogen-bond acceptors (Lipinski definition) is 3. The first-order chi connectivity index (χ1) is 9.31. The third kappa shape index (κ3) is 4.37. The molecule has 1 amide bonds. The molecule has 110 valence electrons. The predicted octanol–water partition coefficient (Wildman–Crippen LogP) is 2.87. The highest BCUT2D eigenvalue weighted by molar-refractivity contribution is 5.67. The van der Waals surface area contributed by atoms with Crippen LogP contribution in [0, 0.1) is 0 Å². The van der Waals surface area contributed by atoms with Crippen LogP contribution in [-0.2, 0) is 4.74 Å². The minimum atomic E-state index is -0.131. The van der Waals surface area contributed by atoms with Gasteiger partial charge in [0.25, 0.3) is 0 Å².